The van der Waals surface area contributed by atoms with E-state index < -0.39 is 16.1 Å². The summed E-state index contributed by atoms with van der Waals surface area (Å²) in [5.41, 5.74) is 2.13. The highest BCUT2D eigenvalue weighted by atomic mass is 32.2. The molecule has 0 saturated carbocycles. The van der Waals surface area contributed by atoms with Gasteiger partial charge in [0.25, 0.3) is 0 Å². The lowest BCUT2D eigenvalue weighted by Gasteiger charge is -2.30. The number of hydrogen-bond donors (Lipinski definition) is 1. The predicted octanol–water partition coefficient (Wildman–Crippen LogP) is 4.39. The number of amides is 1. The predicted molar refractivity (Wildman–Crippen MR) is 118 cm³/mol. The molecule has 0 unspecified atom stereocenters. The lowest BCUT2D eigenvalue weighted by molar-refractivity contribution is -0.117. The summed E-state index contributed by atoms with van der Waals surface area (Å²) in [5.74, 6) is 0.511. The fraction of sp³-hybridized carbons (Fsp3) is 0.409. The summed E-state index contributed by atoms with van der Waals surface area (Å²) in [7, 11) is -3.69. The molecule has 0 saturated heterocycles. The van der Waals surface area contributed by atoms with Crippen LogP contribution < -0.4 is 14.4 Å². The van der Waals surface area contributed by atoms with E-state index in [1.807, 2.05) is 45.0 Å². The Labute approximate surface area is 173 Å². The molecular weight excluding hydrogens is 388 g/mol. The van der Waals surface area contributed by atoms with Gasteiger partial charge in [-0.25, -0.2) is 8.42 Å². The summed E-state index contributed by atoms with van der Waals surface area (Å²) in [6.45, 7) is 8.29. The van der Waals surface area contributed by atoms with Gasteiger partial charge < -0.3 is 10.1 Å². The van der Waals surface area contributed by atoms with Crippen LogP contribution in [0, 0.1) is 0 Å². The highest BCUT2D eigenvalue weighted by molar-refractivity contribution is 7.92. The third-order valence-corrected chi connectivity index (χ3v) is 5.75. The summed E-state index contributed by atoms with van der Waals surface area (Å²) in [6, 6.07) is 13.4. The molecule has 1 atom stereocenters. The van der Waals surface area contributed by atoms with Crippen molar-refractivity contribution in [2.45, 2.75) is 46.1 Å². The molecule has 0 fully saturated rings. The number of anilines is 2. The van der Waals surface area contributed by atoms with Gasteiger partial charge in [-0.05, 0) is 55.2 Å². The molecule has 2 aromatic carbocycles. The number of ether oxygens (including phenoxy) is 1. The van der Waals surface area contributed by atoms with E-state index in [1.54, 1.807) is 31.2 Å². The second-order valence-corrected chi connectivity index (χ2v) is 9.00. The van der Waals surface area contributed by atoms with Crippen molar-refractivity contribution in [1.82, 2.24) is 0 Å². The molecule has 2 rings (SSSR count). The van der Waals surface area contributed by atoms with Gasteiger partial charge in [0.15, 0.2) is 0 Å². The summed E-state index contributed by atoms with van der Waals surface area (Å²) in [5, 5.41) is 2.93. The van der Waals surface area contributed by atoms with E-state index >= 15 is 0 Å². The Hall–Kier alpha value is -2.54. The number of para-hydroxylation sites is 1. The van der Waals surface area contributed by atoms with E-state index in [0.717, 1.165) is 11.8 Å². The van der Waals surface area contributed by atoms with Crippen LogP contribution in [-0.2, 0) is 14.8 Å². The molecule has 0 radical (unpaired) electrons. The summed E-state index contributed by atoms with van der Waals surface area (Å²) < 4.78 is 31.8. The Kier molecular flexibility index (Phi) is 7.67. The van der Waals surface area contributed by atoms with E-state index in [-0.39, 0.29) is 11.8 Å². The minimum absolute atomic E-state index is 0.226. The zero-order valence-electron chi connectivity index (χ0n) is 17.7. The molecule has 0 aliphatic heterocycles. The standard InChI is InChI=1S/C22H30N2O4S/c1-6-21(22(25)23-20-11-9-8-10-19(20)16(3)4)24(29(5,26)27)17-12-14-18(15-13-17)28-7-2/h8-16,21H,6-7H2,1-5H3,(H,23,25)/t21-/m0/s1. The average Bonchev–Trinajstić information content (AvgIpc) is 2.66. The SMILES string of the molecule is CCOc1ccc(N([C@@H](CC)C(=O)Nc2ccccc2C(C)C)S(C)(=O)=O)cc1. The Balaban J connectivity index is 2.37. The molecule has 158 valence electrons. The van der Waals surface area contributed by atoms with Crippen LogP contribution in [-0.4, -0.2) is 33.2 Å². The zero-order chi connectivity index (χ0) is 21.6. The molecule has 6 nitrogen and oxygen atoms in total. The van der Waals surface area contributed by atoms with Gasteiger partial charge in [0.1, 0.15) is 11.8 Å². The molecular formula is C22H30N2O4S. The van der Waals surface area contributed by atoms with Crippen LogP contribution in [0.2, 0.25) is 0 Å². The molecule has 1 amide bonds. The first kappa shape index (κ1) is 22.7. The first-order valence-corrected chi connectivity index (χ1v) is 11.7. The van der Waals surface area contributed by atoms with Gasteiger partial charge in [0.05, 0.1) is 18.6 Å². The molecule has 29 heavy (non-hydrogen) atoms. The summed E-state index contributed by atoms with van der Waals surface area (Å²) in [4.78, 5) is 13.1. The number of carbonyl (C=O) groups is 1. The largest absolute Gasteiger partial charge is 0.494 e. The Morgan fingerprint density at radius 3 is 2.21 bits per heavy atom. The van der Waals surface area contributed by atoms with Gasteiger partial charge >= 0.3 is 0 Å². The molecule has 2 aromatic rings. The maximum atomic E-state index is 13.1. The second-order valence-electron chi connectivity index (χ2n) is 7.14. The third kappa shape index (κ3) is 5.73. The molecule has 0 aliphatic carbocycles. The lowest BCUT2D eigenvalue weighted by atomic mass is 10.0. The number of nitrogens with zero attached hydrogens (tertiary/aromatic N) is 1. The topological polar surface area (TPSA) is 75.7 Å². The van der Waals surface area contributed by atoms with Crippen LogP contribution >= 0.6 is 0 Å². The molecule has 7 heteroatoms. The van der Waals surface area contributed by atoms with E-state index in [4.69, 9.17) is 4.74 Å². The van der Waals surface area contributed by atoms with Gasteiger partial charge in [-0.2, -0.15) is 0 Å². The lowest BCUT2D eigenvalue weighted by Crippen LogP contribution is -2.47. The van der Waals surface area contributed by atoms with E-state index in [9.17, 15) is 13.2 Å². The fourth-order valence-electron chi connectivity index (χ4n) is 3.25. The maximum Gasteiger partial charge on any atom is 0.248 e. The van der Waals surface area contributed by atoms with Gasteiger partial charge in [0.2, 0.25) is 15.9 Å². The van der Waals surface area contributed by atoms with Crippen molar-refractivity contribution in [3.8, 4) is 5.75 Å². The number of hydrogen-bond acceptors (Lipinski definition) is 4. The number of carbonyl (C=O) groups excluding carboxylic acids is 1. The summed E-state index contributed by atoms with van der Waals surface area (Å²) >= 11 is 0. The highest BCUT2D eigenvalue weighted by Crippen LogP contribution is 2.28. The Morgan fingerprint density at radius 2 is 1.69 bits per heavy atom. The maximum absolute atomic E-state index is 13.1. The van der Waals surface area contributed by atoms with Gasteiger partial charge in [-0.3, -0.25) is 9.10 Å². The minimum Gasteiger partial charge on any atom is -0.494 e. The Morgan fingerprint density at radius 1 is 1.07 bits per heavy atom. The van der Waals surface area contributed by atoms with E-state index in [2.05, 4.69) is 5.32 Å². The number of sulfonamides is 1. The van der Waals surface area contributed by atoms with Crippen molar-refractivity contribution >= 4 is 27.3 Å². The normalized spacial score (nSPS) is 12.5. The fourth-order valence-corrected chi connectivity index (χ4v) is 4.46. The van der Waals surface area contributed by atoms with Crippen LogP contribution in [0.25, 0.3) is 0 Å². The molecule has 0 aromatic heterocycles. The number of rotatable bonds is 9. The second kappa shape index (κ2) is 9.78. The van der Waals surface area contributed by atoms with Crippen LogP contribution in [0.3, 0.4) is 0 Å². The van der Waals surface area contributed by atoms with Crippen molar-refractivity contribution in [2.24, 2.45) is 0 Å². The molecule has 0 aliphatic rings. The minimum atomic E-state index is -3.69. The first-order chi connectivity index (χ1) is 13.7. The van der Waals surface area contributed by atoms with Crippen molar-refractivity contribution in [2.75, 3.05) is 22.5 Å². The smallest absolute Gasteiger partial charge is 0.248 e. The van der Waals surface area contributed by atoms with Crippen LogP contribution in [0.4, 0.5) is 11.4 Å². The molecule has 1 N–H and O–H groups in total. The van der Waals surface area contributed by atoms with Gasteiger partial charge in [0, 0.05) is 5.69 Å². The molecule has 0 bridgehead atoms. The van der Waals surface area contributed by atoms with Gasteiger partial charge in [-0.15, -0.1) is 0 Å². The van der Waals surface area contributed by atoms with Crippen LogP contribution in [0.5, 0.6) is 5.75 Å². The average molecular weight is 419 g/mol. The van der Waals surface area contributed by atoms with E-state index in [0.29, 0.717) is 30.2 Å². The molecule has 0 spiro atoms. The third-order valence-electron chi connectivity index (χ3n) is 4.57. The van der Waals surface area contributed by atoms with E-state index in [1.165, 1.54) is 4.31 Å². The Bertz CT molecular complexity index is 924. The first-order valence-electron chi connectivity index (χ1n) is 9.81. The van der Waals surface area contributed by atoms with Crippen molar-refractivity contribution in [3.63, 3.8) is 0 Å². The zero-order valence-corrected chi connectivity index (χ0v) is 18.5. The summed E-state index contributed by atoms with van der Waals surface area (Å²) in [6.07, 6.45) is 1.44. The van der Waals surface area contributed by atoms with Gasteiger partial charge in [-0.1, -0.05) is 39.0 Å². The quantitative estimate of drug-likeness (QED) is 0.655. The van der Waals surface area contributed by atoms with Crippen LogP contribution in [0.15, 0.2) is 48.5 Å². The highest BCUT2D eigenvalue weighted by Gasteiger charge is 2.32. The number of benzene rings is 2. The van der Waals surface area contributed by atoms with Crippen molar-refractivity contribution in [1.29, 1.82) is 0 Å². The van der Waals surface area contributed by atoms with Crippen molar-refractivity contribution in [3.05, 3.63) is 54.1 Å². The van der Waals surface area contributed by atoms with Crippen molar-refractivity contribution < 1.29 is 17.9 Å². The monoisotopic (exact) mass is 418 g/mol. The van der Waals surface area contributed by atoms with Crippen LogP contribution in [0.1, 0.15) is 45.6 Å². The number of nitrogens with one attached hydrogen (secondary N) is 1. The molecule has 0 heterocycles.